The van der Waals surface area contributed by atoms with Gasteiger partial charge < -0.3 is 15.8 Å². The van der Waals surface area contributed by atoms with Crippen LogP contribution < -0.4 is 15.8 Å². The summed E-state index contributed by atoms with van der Waals surface area (Å²) in [6.07, 6.45) is 4.25. The van der Waals surface area contributed by atoms with Crippen LogP contribution in [0.25, 0.3) is 0 Å². The molecule has 1 heterocycles. The van der Waals surface area contributed by atoms with Crippen LogP contribution in [-0.4, -0.2) is 12.5 Å². The Morgan fingerprint density at radius 3 is 2.82 bits per heavy atom. The Labute approximate surface area is 133 Å². The standard InChI is InChI=1S/C18H28N2O2/c1-4-7-15(19)13-10-12(5-2)11-14-16(20-17(21)6-3)8-9-22-18(13)14/h10-11,15-16H,4-9,19H2,1-3H3,(H,20,21). The van der Waals surface area contributed by atoms with Crippen molar-refractivity contribution in [1.82, 2.24) is 5.32 Å². The molecule has 3 N–H and O–H groups in total. The van der Waals surface area contributed by atoms with Crippen LogP contribution in [0.2, 0.25) is 0 Å². The second kappa shape index (κ2) is 7.63. The first-order valence-corrected chi connectivity index (χ1v) is 8.45. The van der Waals surface area contributed by atoms with Crippen LogP contribution in [0.3, 0.4) is 0 Å². The van der Waals surface area contributed by atoms with Gasteiger partial charge in [-0.25, -0.2) is 0 Å². The predicted octanol–water partition coefficient (Wildman–Crippen LogP) is 3.40. The number of amides is 1. The highest BCUT2D eigenvalue weighted by Crippen LogP contribution is 2.39. The fraction of sp³-hybridized carbons (Fsp3) is 0.611. The number of ether oxygens (including phenoxy) is 1. The minimum absolute atomic E-state index is 0.00845. The molecule has 1 amide bonds. The van der Waals surface area contributed by atoms with Gasteiger partial charge >= 0.3 is 0 Å². The van der Waals surface area contributed by atoms with Crippen LogP contribution in [0.4, 0.5) is 0 Å². The highest BCUT2D eigenvalue weighted by Gasteiger charge is 2.27. The average Bonchev–Trinajstić information content (AvgIpc) is 2.54. The molecule has 1 aliphatic heterocycles. The zero-order valence-electron chi connectivity index (χ0n) is 13.9. The first-order chi connectivity index (χ1) is 10.6. The van der Waals surface area contributed by atoms with Gasteiger partial charge in [0.1, 0.15) is 5.75 Å². The zero-order chi connectivity index (χ0) is 16.1. The van der Waals surface area contributed by atoms with Crippen molar-refractivity contribution in [3.05, 3.63) is 28.8 Å². The van der Waals surface area contributed by atoms with Gasteiger partial charge in [-0.3, -0.25) is 4.79 Å². The molecule has 0 bridgehead atoms. The Morgan fingerprint density at radius 2 is 2.18 bits per heavy atom. The number of benzene rings is 1. The van der Waals surface area contributed by atoms with Crippen LogP contribution in [-0.2, 0) is 11.2 Å². The minimum Gasteiger partial charge on any atom is -0.493 e. The molecule has 22 heavy (non-hydrogen) atoms. The van der Waals surface area contributed by atoms with E-state index in [-0.39, 0.29) is 18.0 Å². The van der Waals surface area contributed by atoms with Crippen molar-refractivity contribution in [2.75, 3.05) is 6.61 Å². The van der Waals surface area contributed by atoms with Gasteiger partial charge in [0.2, 0.25) is 5.91 Å². The van der Waals surface area contributed by atoms with Gasteiger partial charge in [0.25, 0.3) is 0 Å². The lowest BCUT2D eigenvalue weighted by Crippen LogP contribution is -2.32. The third-order valence-electron chi connectivity index (χ3n) is 4.30. The summed E-state index contributed by atoms with van der Waals surface area (Å²) in [5.41, 5.74) is 9.79. The summed E-state index contributed by atoms with van der Waals surface area (Å²) in [5, 5.41) is 3.11. The first kappa shape index (κ1) is 16.8. The highest BCUT2D eigenvalue weighted by molar-refractivity contribution is 5.76. The van der Waals surface area contributed by atoms with Gasteiger partial charge in [0.15, 0.2) is 0 Å². The summed E-state index contributed by atoms with van der Waals surface area (Å²) in [5.74, 6) is 0.977. The molecule has 2 unspecified atom stereocenters. The summed E-state index contributed by atoms with van der Waals surface area (Å²) in [6.45, 7) is 6.78. The van der Waals surface area contributed by atoms with E-state index in [9.17, 15) is 4.79 Å². The van der Waals surface area contributed by atoms with Gasteiger partial charge in [-0.05, 0) is 18.4 Å². The maximum absolute atomic E-state index is 11.8. The molecule has 0 saturated carbocycles. The van der Waals surface area contributed by atoms with E-state index in [4.69, 9.17) is 10.5 Å². The molecule has 122 valence electrons. The van der Waals surface area contributed by atoms with Crippen LogP contribution in [0, 0.1) is 0 Å². The number of carbonyl (C=O) groups excluding carboxylic acids is 1. The Bertz CT molecular complexity index is 528. The van der Waals surface area contributed by atoms with Gasteiger partial charge in [-0.1, -0.05) is 39.3 Å². The molecule has 0 aromatic heterocycles. The molecule has 0 saturated heterocycles. The SMILES string of the molecule is CCCC(N)c1cc(CC)cc2c1OCCC2NC(=O)CC. The molecule has 1 aromatic rings. The van der Waals surface area contributed by atoms with Crippen LogP contribution >= 0.6 is 0 Å². The quantitative estimate of drug-likeness (QED) is 0.846. The van der Waals surface area contributed by atoms with E-state index in [1.165, 1.54) is 5.56 Å². The van der Waals surface area contributed by atoms with Crippen molar-refractivity contribution in [3.63, 3.8) is 0 Å². The summed E-state index contributed by atoms with van der Waals surface area (Å²) in [4.78, 5) is 11.8. The number of nitrogens with one attached hydrogen (secondary N) is 1. The molecule has 0 spiro atoms. The summed E-state index contributed by atoms with van der Waals surface area (Å²) >= 11 is 0. The maximum atomic E-state index is 11.8. The number of hydrogen-bond acceptors (Lipinski definition) is 3. The Morgan fingerprint density at radius 1 is 1.41 bits per heavy atom. The Hall–Kier alpha value is -1.55. The third kappa shape index (κ3) is 3.61. The number of hydrogen-bond donors (Lipinski definition) is 2. The van der Waals surface area contributed by atoms with Gasteiger partial charge in [-0.2, -0.15) is 0 Å². The van der Waals surface area contributed by atoms with Crippen molar-refractivity contribution < 1.29 is 9.53 Å². The van der Waals surface area contributed by atoms with E-state index in [0.717, 1.165) is 42.6 Å². The number of aryl methyl sites for hydroxylation is 1. The second-order valence-corrected chi connectivity index (χ2v) is 5.96. The van der Waals surface area contributed by atoms with Gasteiger partial charge in [0.05, 0.1) is 12.6 Å². The monoisotopic (exact) mass is 304 g/mol. The van der Waals surface area contributed by atoms with E-state index in [0.29, 0.717) is 13.0 Å². The average molecular weight is 304 g/mol. The summed E-state index contributed by atoms with van der Waals surface area (Å²) in [7, 11) is 0. The molecular formula is C18H28N2O2. The predicted molar refractivity (Wildman–Crippen MR) is 88.9 cm³/mol. The molecule has 0 aliphatic carbocycles. The summed E-state index contributed by atoms with van der Waals surface area (Å²) in [6, 6.07) is 4.36. The molecule has 2 atom stereocenters. The molecule has 0 radical (unpaired) electrons. The fourth-order valence-electron chi connectivity index (χ4n) is 2.99. The van der Waals surface area contributed by atoms with E-state index in [1.807, 2.05) is 6.92 Å². The highest BCUT2D eigenvalue weighted by atomic mass is 16.5. The van der Waals surface area contributed by atoms with E-state index in [1.54, 1.807) is 0 Å². The van der Waals surface area contributed by atoms with Crippen molar-refractivity contribution >= 4 is 5.91 Å². The van der Waals surface area contributed by atoms with Crippen molar-refractivity contribution in [2.45, 2.75) is 65.0 Å². The molecule has 2 rings (SSSR count). The zero-order valence-corrected chi connectivity index (χ0v) is 13.9. The lowest BCUT2D eigenvalue weighted by Gasteiger charge is -2.30. The number of carbonyl (C=O) groups is 1. The normalized spacial score (nSPS) is 18.3. The number of fused-ring (bicyclic) bond motifs is 1. The largest absolute Gasteiger partial charge is 0.493 e. The van der Waals surface area contributed by atoms with E-state index >= 15 is 0 Å². The van der Waals surface area contributed by atoms with Crippen molar-refractivity contribution in [2.24, 2.45) is 5.73 Å². The van der Waals surface area contributed by atoms with E-state index < -0.39 is 0 Å². The van der Waals surface area contributed by atoms with Crippen molar-refractivity contribution in [3.8, 4) is 5.75 Å². The molecule has 4 nitrogen and oxygen atoms in total. The topological polar surface area (TPSA) is 64.3 Å². The molecule has 0 fully saturated rings. The number of rotatable bonds is 6. The fourth-order valence-corrected chi connectivity index (χ4v) is 2.99. The maximum Gasteiger partial charge on any atom is 0.220 e. The molecule has 4 heteroatoms. The second-order valence-electron chi connectivity index (χ2n) is 5.96. The van der Waals surface area contributed by atoms with E-state index in [2.05, 4.69) is 31.3 Å². The van der Waals surface area contributed by atoms with Crippen LogP contribution in [0.15, 0.2) is 12.1 Å². The van der Waals surface area contributed by atoms with Crippen molar-refractivity contribution in [1.29, 1.82) is 0 Å². The third-order valence-corrected chi connectivity index (χ3v) is 4.30. The number of nitrogens with two attached hydrogens (primary N) is 1. The van der Waals surface area contributed by atoms with Crippen LogP contribution in [0.1, 0.15) is 75.2 Å². The smallest absolute Gasteiger partial charge is 0.220 e. The lowest BCUT2D eigenvalue weighted by molar-refractivity contribution is -0.121. The first-order valence-electron chi connectivity index (χ1n) is 8.45. The summed E-state index contributed by atoms with van der Waals surface area (Å²) < 4.78 is 5.94. The van der Waals surface area contributed by atoms with Crippen LogP contribution in [0.5, 0.6) is 5.75 Å². The molecular weight excluding hydrogens is 276 g/mol. The molecule has 1 aliphatic rings. The molecule has 1 aromatic carbocycles. The van der Waals surface area contributed by atoms with Gasteiger partial charge in [-0.15, -0.1) is 0 Å². The Balaban J connectivity index is 2.41. The lowest BCUT2D eigenvalue weighted by atomic mass is 9.90. The Kier molecular flexibility index (Phi) is 5.83. The minimum atomic E-state index is -0.00845. The van der Waals surface area contributed by atoms with Gasteiger partial charge in [0, 0.05) is 30.0 Å².